The molecule has 2 aromatic heterocycles. The van der Waals surface area contributed by atoms with E-state index in [4.69, 9.17) is 18.9 Å². The summed E-state index contributed by atoms with van der Waals surface area (Å²) >= 11 is 0. The summed E-state index contributed by atoms with van der Waals surface area (Å²) in [5.74, 6) is -0.140. The van der Waals surface area contributed by atoms with Gasteiger partial charge in [0.05, 0.1) is 38.2 Å². The summed E-state index contributed by atoms with van der Waals surface area (Å²) in [4.78, 5) is 22.3. The number of ether oxygens (including phenoxy) is 4. The standard InChI is InChI=1S/C24H24N8O10S2/c1-39-21-27-19(28-22(31-21)40-2)25-15-9-7-13(17(11-15)43(33,34)35)5-6-14-8-10-16(12-18(14)44(36,37)38)26-20-29-23(41-3)32-24(30-20)42-4/h5-12H,1-4H3,(H,33,34,35)(H,36,37,38)(H,25,27,28,31)(H,26,29,30,32)/p-2/b6-5+. The molecule has 0 bridgehead atoms. The zero-order valence-corrected chi connectivity index (χ0v) is 24.8. The van der Waals surface area contributed by atoms with E-state index in [1.165, 1.54) is 64.9 Å². The Bertz CT molecular complexity index is 1760. The molecule has 0 aliphatic carbocycles. The van der Waals surface area contributed by atoms with Gasteiger partial charge in [-0.1, -0.05) is 24.3 Å². The van der Waals surface area contributed by atoms with E-state index >= 15 is 0 Å². The molecule has 232 valence electrons. The number of hydrogen-bond acceptors (Lipinski definition) is 18. The fourth-order valence-corrected chi connectivity index (χ4v) is 4.92. The smallest absolute Gasteiger partial charge is 0.324 e. The van der Waals surface area contributed by atoms with Crippen molar-refractivity contribution in [2.45, 2.75) is 9.79 Å². The van der Waals surface area contributed by atoms with Crippen LogP contribution in [0.5, 0.6) is 24.0 Å². The number of aromatic nitrogens is 6. The average Bonchev–Trinajstić information content (AvgIpc) is 2.99. The Balaban J connectivity index is 1.68. The quantitative estimate of drug-likeness (QED) is 0.163. The molecule has 0 spiro atoms. The monoisotopic (exact) mass is 646 g/mol. The van der Waals surface area contributed by atoms with Crippen molar-refractivity contribution in [3.05, 3.63) is 47.5 Å². The lowest BCUT2D eigenvalue weighted by Gasteiger charge is -2.15. The van der Waals surface area contributed by atoms with Gasteiger partial charge in [-0.05, 0) is 35.4 Å². The van der Waals surface area contributed by atoms with Crippen LogP contribution in [0.3, 0.4) is 0 Å². The molecular formula is C24H22N8O10S2-2. The number of nitrogens with zero attached hydrogens (tertiary/aromatic N) is 6. The van der Waals surface area contributed by atoms with Crippen molar-refractivity contribution in [2.75, 3.05) is 39.1 Å². The predicted octanol–water partition coefficient (Wildman–Crippen LogP) is 1.56. The third-order valence-corrected chi connectivity index (χ3v) is 7.22. The van der Waals surface area contributed by atoms with Crippen LogP contribution in [-0.4, -0.2) is 84.3 Å². The highest BCUT2D eigenvalue weighted by Crippen LogP contribution is 2.28. The van der Waals surface area contributed by atoms with Crippen LogP contribution < -0.4 is 29.6 Å². The van der Waals surface area contributed by atoms with Gasteiger partial charge in [-0.3, -0.25) is 0 Å². The second kappa shape index (κ2) is 13.0. The molecule has 0 radical (unpaired) electrons. The Kier molecular flexibility index (Phi) is 9.37. The molecule has 0 aliphatic rings. The lowest BCUT2D eigenvalue weighted by atomic mass is 10.1. The molecule has 44 heavy (non-hydrogen) atoms. The molecule has 4 aromatic rings. The highest BCUT2D eigenvalue weighted by atomic mass is 32.2. The van der Waals surface area contributed by atoms with Gasteiger partial charge >= 0.3 is 24.0 Å². The Labute approximate surface area is 250 Å². The number of anilines is 4. The van der Waals surface area contributed by atoms with Crippen LogP contribution in [0.4, 0.5) is 23.3 Å². The molecule has 0 saturated heterocycles. The first-order chi connectivity index (χ1) is 20.8. The lowest BCUT2D eigenvalue weighted by molar-refractivity contribution is 0.341. The highest BCUT2D eigenvalue weighted by molar-refractivity contribution is 7.86. The van der Waals surface area contributed by atoms with Gasteiger partial charge in [0.15, 0.2) is 0 Å². The van der Waals surface area contributed by atoms with Crippen LogP contribution in [-0.2, 0) is 20.2 Å². The minimum absolute atomic E-state index is 0.0701. The Hall–Kier alpha value is -5.18. The molecule has 2 heterocycles. The van der Waals surface area contributed by atoms with Gasteiger partial charge in [-0.15, -0.1) is 9.97 Å². The van der Waals surface area contributed by atoms with E-state index in [0.29, 0.717) is 0 Å². The van der Waals surface area contributed by atoms with Gasteiger partial charge in [0.1, 0.15) is 20.2 Å². The molecule has 0 amide bonds. The van der Waals surface area contributed by atoms with Gasteiger partial charge in [0.2, 0.25) is 11.9 Å². The molecule has 0 aliphatic heterocycles. The van der Waals surface area contributed by atoms with Crippen LogP contribution >= 0.6 is 0 Å². The number of benzene rings is 2. The van der Waals surface area contributed by atoms with Crippen LogP contribution in [0, 0.1) is 0 Å². The van der Waals surface area contributed by atoms with E-state index in [-0.39, 0.29) is 58.4 Å². The molecule has 0 saturated carbocycles. The number of rotatable bonds is 12. The van der Waals surface area contributed by atoms with Crippen molar-refractivity contribution < 1.29 is 44.9 Å². The summed E-state index contributed by atoms with van der Waals surface area (Å²) in [6.07, 6.45) is 2.34. The second-order valence-electron chi connectivity index (χ2n) is 8.26. The predicted molar refractivity (Wildman–Crippen MR) is 150 cm³/mol. The van der Waals surface area contributed by atoms with Crippen LogP contribution in [0.25, 0.3) is 12.2 Å². The molecule has 4 rings (SSSR count). The maximum Gasteiger partial charge on any atom is 0.324 e. The van der Waals surface area contributed by atoms with Crippen LogP contribution in [0.2, 0.25) is 0 Å². The van der Waals surface area contributed by atoms with Crippen molar-refractivity contribution in [3.8, 4) is 24.0 Å². The first-order valence-corrected chi connectivity index (χ1v) is 14.7. The number of methoxy groups -OCH3 is 4. The zero-order valence-electron chi connectivity index (χ0n) is 23.2. The van der Waals surface area contributed by atoms with Gasteiger partial charge < -0.3 is 38.7 Å². The van der Waals surface area contributed by atoms with E-state index in [9.17, 15) is 25.9 Å². The van der Waals surface area contributed by atoms with Gasteiger partial charge in [-0.25, -0.2) is 16.8 Å². The summed E-state index contributed by atoms with van der Waals surface area (Å²) < 4.78 is 92.6. The summed E-state index contributed by atoms with van der Waals surface area (Å²) in [6, 6.07) is 7.08. The first-order valence-electron chi connectivity index (χ1n) is 11.9. The van der Waals surface area contributed by atoms with Gasteiger partial charge in [-0.2, -0.15) is 19.9 Å². The first kappa shape index (κ1) is 31.7. The SMILES string of the molecule is COc1nc(Nc2ccc(/C=C/c3ccc(Nc4nc(OC)nc(OC)n4)cc3S(=O)(=O)[O-])c(S(=O)(=O)[O-])c2)nc(OC)n1. The largest absolute Gasteiger partial charge is 0.744 e. The summed E-state index contributed by atoms with van der Waals surface area (Å²) in [6.45, 7) is 0. The maximum absolute atomic E-state index is 12.1. The summed E-state index contributed by atoms with van der Waals surface area (Å²) in [5.41, 5.74) is 0.0165. The summed E-state index contributed by atoms with van der Waals surface area (Å²) in [7, 11) is -4.81. The van der Waals surface area contributed by atoms with Gasteiger partial charge in [0.25, 0.3) is 0 Å². The van der Waals surface area contributed by atoms with Crippen molar-refractivity contribution >= 4 is 55.7 Å². The fraction of sp³-hybridized carbons (Fsp3) is 0.167. The van der Waals surface area contributed by atoms with Crippen molar-refractivity contribution in [1.82, 2.24) is 29.9 Å². The topological polar surface area (TPSA) is 253 Å². The molecule has 0 unspecified atom stereocenters. The maximum atomic E-state index is 12.1. The third kappa shape index (κ3) is 7.80. The van der Waals surface area contributed by atoms with E-state index in [1.54, 1.807) is 0 Å². The zero-order chi connectivity index (χ0) is 32.1. The Morgan fingerprint density at radius 3 is 1.16 bits per heavy atom. The summed E-state index contributed by atoms with van der Waals surface area (Å²) in [5, 5.41) is 5.46. The lowest BCUT2D eigenvalue weighted by Crippen LogP contribution is -2.06. The Morgan fingerprint density at radius 1 is 0.568 bits per heavy atom. The minimum Gasteiger partial charge on any atom is -0.744 e. The normalized spacial score (nSPS) is 11.7. The molecule has 0 fully saturated rings. The Morgan fingerprint density at radius 2 is 0.886 bits per heavy atom. The minimum atomic E-state index is -5.04. The van der Waals surface area contributed by atoms with Crippen molar-refractivity contribution in [2.24, 2.45) is 0 Å². The van der Waals surface area contributed by atoms with Crippen LogP contribution in [0.15, 0.2) is 46.2 Å². The number of hydrogen-bond donors (Lipinski definition) is 2. The van der Waals surface area contributed by atoms with E-state index in [1.807, 2.05) is 0 Å². The van der Waals surface area contributed by atoms with E-state index < -0.39 is 30.0 Å². The molecule has 0 atom stereocenters. The number of nitrogens with one attached hydrogen (secondary N) is 2. The van der Waals surface area contributed by atoms with Gasteiger partial charge in [0, 0.05) is 11.4 Å². The van der Waals surface area contributed by atoms with E-state index in [0.717, 1.165) is 12.1 Å². The van der Waals surface area contributed by atoms with E-state index in [2.05, 4.69) is 40.5 Å². The molecule has 2 aromatic carbocycles. The molecule has 18 nitrogen and oxygen atoms in total. The highest BCUT2D eigenvalue weighted by Gasteiger charge is 2.14. The van der Waals surface area contributed by atoms with Crippen molar-refractivity contribution in [1.29, 1.82) is 0 Å². The fourth-order valence-electron chi connectivity index (χ4n) is 3.52. The van der Waals surface area contributed by atoms with Crippen LogP contribution in [0.1, 0.15) is 11.1 Å². The van der Waals surface area contributed by atoms with Crippen molar-refractivity contribution in [3.63, 3.8) is 0 Å². The molecule has 20 heteroatoms. The third-order valence-electron chi connectivity index (χ3n) is 5.44. The second-order valence-corrected chi connectivity index (χ2v) is 11.0. The average molecular weight is 647 g/mol. The molecule has 2 N–H and O–H groups in total. The molecular weight excluding hydrogens is 624 g/mol.